The number of rotatable bonds is 2. The zero-order chi connectivity index (χ0) is 6.78. The average molecular weight is 113 g/mol. The zero-order valence-corrected chi connectivity index (χ0v) is 5.14. The molecule has 0 radical (unpaired) electrons. The van der Waals surface area contributed by atoms with Crippen LogP contribution in [0.1, 0.15) is 6.42 Å². The van der Waals surface area contributed by atoms with Crippen molar-refractivity contribution in [1.82, 2.24) is 0 Å². The summed E-state index contributed by atoms with van der Waals surface area (Å²) in [5.74, 6) is -0.850. The minimum Gasteiger partial charge on any atom is -0.481 e. The van der Waals surface area contributed by atoms with E-state index < -0.39 is 11.3 Å². The van der Waals surface area contributed by atoms with Crippen molar-refractivity contribution in [2.75, 3.05) is 0 Å². The average Bonchev–Trinajstić information content (AvgIpc) is 1.21. The Morgan fingerprint density at radius 3 is 2.12 bits per heavy atom. The first-order valence-corrected chi connectivity index (χ1v) is 2.42. The summed E-state index contributed by atoms with van der Waals surface area (Å²) >= 11 is 0. The van der Waals surface area contributed by atoms with Gasteiger partial charge < -0.3 is 10.8 Å². The van der Waals surface area contributed by atoms with Crippen molar-refractivity contribution in [1.29, 1.82) is 0 Å². The van der Waals surface area contributed by atoms with E-state index in [4.69, 9.17) is 10.8 Å². The molecular formula is C3H9B2NO2. The van der Waals surface area contributed by atoms with E-state index in [2.05, 4.69) is 0 Å². The van der Waals surface area contributed by atoms with Crippen molar-refractivity contribution in [2.45, 2.75) is 11.8 Å². The second-order valence-electron chi connectivity index (χ2n) is 2.56. The normalized spacial score (nSPS) is 11.1. The Morgan fingerprint density at radius 2 is 2.12 bits per heavy atom. The summed E-state index contributed by atoms with van der Waals surface area (Å²) in [6, 6.07) is 0. The molecule has 0 aromatic rings. The van der Waals surface area contributed by atoms with Gasteiger partial charge in [0.1, 0.15) is 15.7 Å². The van der Waals surface area contributed by atoms with Crippen LogP contribution >= 0.6 is 0 Å². The number of carboxylic acid groups (broad SMARTS) is 1. The van der Waals surface area contributed by atoms with Crippen molar-refractivity contribution in [3.63, 3.8) is 0 Å². The molecule has 5 heteroatoms. The number of carbonyl (C=O) groups is 1. The largest absolute Gasteiger partial charge is 0.481 e. The van der Waals surface area contributed by atoms with Crippen LogP contribution in [-0.4, -0.2) is 32.1 Å². The minimum atomic E-state index is -0.850. The topological polar surface area (TPSA) is 63.3 Å². The molecule has 0 aromatic heterocycles. The van der Waals surface area contributed by atoms with E-state index in [1.807, 2.05) is 0 Å². The molecule has 0 aromatic carbocycles. The van der Waals surface area contributed by atoms with Gasteiger partial charge in [0.25, 0.3) is 0 Å². The van der Waals surface area contributed by atoms with Gasteiger partial charge in [-0.15, -0.1) is 0 Å². The molecule has 0 aliphatic heterocycles. The Bertz CT molecular complexity index is 97.9. The van der Waals surface area contributed by atoms with Crippen molar-refractivity contribution in [3.8, 4) is 0 Å². The molecule has 0 spiro atoms. The van der Waals surface area contributed by atoms with Gasteiger partial charge in [-0.1, -0.05) is 0 Å². The second-order valence-corrected chi connectivity index (χ2v) is 2.56. The highest BCUT2D eigenvalue weighted by molar-refractivity contribution is 6.40. The molecular weight excluding hydrogens is 104 g/mol. The number of carboxylic acids is 1. The van der Waals surface area contributed by atoms with Crippen LogP contribution in [0.25, 0.3) is 0 Å². The second kappa shape index (κ2) is 2.22. The first-order valence-electron chi connectivity index (χ1n) is 2.42. The molecule has 0 unspecified atom stereocenters. The maximum absolute atomic E-state index is 9.93. The molecule has 3 N–H and O–H groups in total. The van der Waals surface area contributed by atoms with Crippen molar-refractivity contribution in [3.05, 3.63) is 0 Å². The molecule has 0 atom stereocenters. The Balaban J connectivity index is 3.55. The Hall–Kier alpha value is -0.440. The van der Waals surface area contributed by atoms with Gasteiger partial charge >= 0.3 is 5.97 Å². The van der Waals surface area contributed by atoms with Gasteiger partial charge in [-0.2, -0.15) is 0 Å². The molecule has 0 bridgehead atoms. The summed E-state index contributed by atoms with van der Waals surface area (Å²) in [6.45, 7) is 0. The maximum atomic E-state index is 9.93. The van der Waals surface area contributed by atoms with E-state index in [1.165, 1.54) is 0 Å². The van der Waals surface area contributed by atoms with Crippen LogP contribution in [0, 0.1) is 0 Å². The smallest absolute Gasteiger partial charge is 0.303 e. The van der Waals surface area contributed by atoms with E-state index >= 15 is 0 Å². The van der Waals surface area contributed by atoms with Crippen LogP contribution in [0.3, 0.4) is 0 Å². The Kier molecular flexibility index (Phi) is 2.10. The molecule has 0 aliphatic carbocycles. The fraction of sp³-hybridized carbons (Fsp3) is 0.667. The fourth-order valence-electron chi connectivity index (χ4n) is 0.390. The molecule has 0 amide bonds. The van der Waals surface area contributed by atoms with Crippen LogP contribution in [0.2, 0.25) is 0 Å². The lowest BCUT2D eigenvalue weighted by Gasteiger charge is -2.13. The summed E-state index contributed by atoms with van der Waals surface area (Å²) in [6.07, 6.45) is 0.0208. The molecule has 0 heterocycles. The van der Waals surface area contributed by atoms with Crippen LogP contribution in [0.15, 0.2) is 0 Å². The maximum Gasteiger partial charge on any atom is 0.303 e. The van der Waals surface area contributed by atoms with Crippen LogP contribution in [-0.2, 0) is 4.79 Å². The fourth-order valence-corrected chi connectivity index (χ4v) is 0.390. The molecule has 0 saturated heterocycles. The third kappa shape index (κ3) is 5.56. The molecule has 3 nitrogen and oxygen atoms in total. The first kappa shape index (κ1) is 7.56. The predicted octanol–water partition coefficient (Wildman–Crippen LogP) is -2.66. The SMILES string of the molecule is BC(B)(N)CC(=O)O. The van der Waals surface area contributed by atoms with Crippen molar-refractivity contribution >= 4 is 21.7 Å². The number of hydrogen-bond donors (Lipinski definition) is 2. The lowest BCUT2D eigenvalue weighted by Crippen LogP contribution is -2.42. The summed E-state index contributed by atoms with van der Waals surface area (Å²) in [5, 5.41) is 7.59. The van der Waals surface area contributed by atoms with Crippen molar-refractivity contribution in [2.24, 2.45) is 5.73 Å². The predicted molar refractivity (Wildman–Crippen MR) is 36.3 cm³/mol. The highest BCUT2D eigenvalue weighted by Crippen LogP contribution is 1.92. The Labute approximate surface area is 50.1 Å². The molecule has 0 rings (SSSR count). The molecule has 0 aliphatic rings. The number of nitrogens with two attached hydrogens (primary N) is 1. The van der Waals surface area contributed by atoms with Gasteiger partial charge in [0, 0.05) is 6.42 Å². The summed E-state index contributed by atoms with van der Waals surface area (Å²) < 4.78 is 0. The summed E-state index contributed by atoms with van der Waals surface area (Å²) in [4.78, 5) is 9.93. The van der Waals surface area contributed by atoms with Gasteiger partial charge in [0.05, 0.1) is 0 Å². The minimum absolute atomic E-state index is 0.0208. The lowest BCUT2D eigenvalue weighted by molar-refractivity contribution is -0.137. The van der Waals surface area contributed by atoms with Crippen molar-refractivity contribution < 1.29 is 9.90 Å². The highest BCUT2D eigenvalue weighted by atomic mass is 16.4. The van der Waals surface area contributed by atoms with Crippen LogP contribution < -0.4 is 5.73 Å². The van der Waals surface area contributed by atoms with E-state index in [0.29, 0.717) is 0 Å². The van der Waals surface area contributed by atoms with E-state index in [9.17, 15) is 4.79 Å². The summed E-state index contributed by atoms with van der Waals surface area (Å²) in [7, 11) is 3.36. The quantitative estimate of drug-likeness (QED) is 0.384. The molecule has 44 valence electrons. The third-order valence-corrected chi connectivity index (χ3v) is 0.607. The van der Waals surface area contributed by atoms with Gasteiger partial charge in [-0.25, -0.2) is 0 Å². The molecule has 0 saturated carbocycles. The number of aliphatic carboxylic acids is 1. The van der Waals surface area contributed by atoms with E-state index in [0.717, 1.165) is 0 Å². The van der Waals surface area contributed by atoms with Gasteiger partial charge in [-0.05, 0) is 5.34 Å². The van der Waals surface area contributed by atoms with Crippen LogP contribution in [0.5, 0.6) is 0 Å². The van der Waals surface area contributed by atoms with Gasteiger partial charge in [0.2, 0.25) is 0 Å². The molecule has 0 fully saturated rings. The van der Waals surface area contributed by atoms with E-state index in [-0.39, 0.29) is 6.42 Å². The van der Waals surface area contributed by atoms with E-state index in [1.54, 1.807) is 15.7 Å². The van der Waals surface area contributed by atoms with Gasteiger partial charge in [-0.3, -0.25) is 4.79 Å². The standard InChI is InChI=1S/C3H9B2NO2/c4-3(5,6)1-2(7)8/h1,4-6H2,(H,7,8). The molecule has 8 heavy (non-hydrogen) atoms. The highest BCUT2D eigenvalue weighted by Gasteiger charge is 2.14. The first-order chi connectivity index (χ1) is 3.42. The zero-order valence-electron chi connectivity index (χ0n) is 5.14. The lowest BCUT2D eigenvalue weighted by atomic mass is 9.61. The number of hydrogen-bond acceptors (Lipinski definition) is 2. The third-order valence-electron chi connectivity index (χ3n) is 0.607. The Morgan fingerprint density at radius 1 is 1.75 bits per heavy atom. The van der Waals surface area contributed by atoms with Gasteiger partial charge in [0.15, 0.2) is 0 Å². The van der Waals surface area contributed by atoms with Crippen LogP contribution in [0.4, 0.5) is 0 Å². The summed E-state index contributed by atoms with van der Waals surface area (Å²) in [5.41, 5.74) is 5.36. The monoisotopic (exact) mass is 113 g/mol.